The van der Waals surface area contributed by atoms with Gasteiger partial charge < -0.3 is 15.4 Å². The smallest absolute Gasteiger partial charge is 0.120 e. The van der Waals surface area contributed by atoms with Gasteiger partial charge >= 0.3 is 0 Å². The van der Waals surface area contributed by atoms with E-state index < -0.39 is 0 Å². The zero-order valence-corrected chi connectivity index (χ0v) is 11.2. The van der Waals surface area contributed by atoms with Crippen molar-refractivity contribution in [1.82, 2.24) is 0 Å². The number of hydrogen-bond acceptors (Lipinski definition) is 3. The second-order valence-corrected chi connectivity index (χ2v) is 4.13. The Hall–Kier alpha value is -1.22. The molecule has 17 heavy (non-hydrogen) atoms. The SMILES string of the molecule is CCCCN(CC)c1cc(OC)ccc1CN. The summed E-state index contributed by atoms with van der Waals surface area (Å²) < 4.78 is 5.29. The van der Waals surface area contributed by atoms with Crippen molar-refractivity contribution in [1.29, 1.82) is 0 Å². The van der Waals surface area contributed by atoms with Crippen molar-refractivity contribution >= 4 is 5.69 Å². The first-order chi connectivity index (χ1) is 8.26. The molecule has 0 saturated carbocycles. The highest BCUT2D eigenvalue weighted by Gasteiger charge is 2.09. The maximum atomic E-state index is 5.80. The Morgan fingerprint density at radius 3 is 2.59 bits per heavy atom. The van der Waals surface area contributed by atoms with E-state index in [4.69, 9.17) is 10.5 Å². The molecule has 96 valence electrons. The standard InChI is InChI=1S/C14H24N2O/c1-4-6-9-16(5-2)14-10-13(17-3)8-7-12(14)11-15/h7-8,10H,4-6,9,11,15H2,1-3H3. The van der Waals surface area contributed by atoms with E-state index in [9.17, 15) is 0 Å². The summed E-state index contributed by atoms with van der Waals surface area (Å²) in [6.45, 7) is 7.04. The Bertz CT molecular complexity index is 339. The number of nitrogens with two attached hydrogens (primary N) is 1. The average molecular weight is 236 g/mol. The molecule has 0 fully saturated rings. The van der Waals surface area contributed by atoms with Gasteiger partial charge in [-0.15, -0.1) is 0 Å². The summed E-state index contributed by atoms with van der Waals surface area (Å²) in [5.74, 6) is 0.896. The second kappa shape index (κ2) is 7.17. The Morgan fingerprint density at radius 2 is 2.06 bits per heavy atom. The van der Waals surface area contributed by atoms with Crippen molar-refractivity contribution in [3.05, 3.63) is 23.8 Å². The van der Waals surface area contributed by atoms with Crippen LogP contribution in [0, 0.1) is 0 Å². The summed E-state index contributed by atoms with van der Waals surface area (Å²) in [6.07, 6.45) is 2.41. The molecule has 0 spiro atoms. The molecule has 0 amide bonds. The number of hydrogen-bond donors (Lipinski definition) is 1. The molecule has 0 aromatic heterocycles. The fraction of sp³-hybridized carbons (Fsp3) is 0.571. The lowest BCUT2D eigenvalue weighted by Gasteiger charge is -2.26. The molecule has 0 heterocycles. The molecule has 0 saturated heterocycles. The van der Waals surface area contributed by atoms with Gasteiger partial charge in [0, 0.05) is 31.4 Å². The van der Waals surface area contributed by atoms with Crippen LogP contribution in [0.1, 0.15) is 32.3 Å². The van der Waals surface area contributed by atoms with Gasteiger partial charge in [-0.25, -0.2) is 0 Å². The van der Waals surface area contributed by atoms with Crippen LogP contribution < -0.4 is 15.4 Å². The van der Waals surface area contributed by atoms with Crippen LogP contribution in [0.25, 0.3) is 0 Å². The molecular weight excluding hydrogens is 212 g/mol. The highest BCUT2D eigenvalue weighted by Crippen LogP contribution is 2.26. The lowest BCUT2D eigenvalue weighted by molar-refractivity contribution is 0.414. The topological polar surface area (TPSA) is 38.5 Å². The van der Waals surface area contributed by atoms with Crippen molar-refractivity contribution < 1.29 is 4.74 Å². The Morgan fingerprint density at radius 1 is 1.29 bits per heavy atom. The molecule has 3 heteroatoms. The minimum atomic E-state index is 0.571. The first kappa shape index (κ1) is 13.8. The third kappa shape index (κ3) is 3.63. The van der Waals surface area contributed by atoms with E-state index in [-0.39, 0.29) is 0 Å². The predicted octanol–water partition coefficient (Wildman–Crippen LogP) is 2.78. The first-order valence-electron chi connectivity index (χ1n) is 6.38. The number of methoxy groups -OCH3 is 1. The molecule has 0 unspecified atom stereocenters. The van der Waals surface area contributed by atoms with Crippen molar-refractivity contribution in [2.75, 3.05) is 25.1 Å². The molecule has 3 nitrogen and oxygen atoms in total. The highest BCUT2D eigenvalue weighted by molar-refractivity contribution is 5.57. The minimum Gasteiger partial charge on any atom is -0.497 e. The van der Waals surface area contributed by atoms with Gasteiger partial charge in [0.15, 0.2) is 0 Å². The van der Waals surface area contributed by atoms with Crippen LogP contribution >= 0.6 is 0 Å². The third-order valence-electron chi connectivity index (χ3n) is 3.02. The highest BCUT2D eigenvalue weighted by atomic mass is 16.5. The van der Waals surface area contributed by atoms with Gasteiger partial charge in [-0.3, -0.25) is 0 Å². The summed E-state index contributed by atoms with van der Waals surface area (Å²) in [7, 11) is 1.70. The zero-order chi connectivity index (χ0) is 12.7. The van der Waals surface area contributed by atoms with Gasteiger partial charge in [0.25, 0.3) is 0 Å². The number of anilines is 1. The molecule has 1 rings (SSSR count). The Labute approximate surface area is 105 Å². The summed E-state index contributed by atoms with van der Waals surface area (Å²) in [5.41, 5.74) is 8.19. The molecule has 1 aromatic carbocycles. The van der Waals surface area contributed by atoms with Crippen LogP contribution in [0.5, 0.6) is 5.75 Å². The van der Waals surface area contributed by atoms with Gasteiger partial charge in [0.1, 0.15) is 5.75 Å². The number of ether oxygens (including phenoxy) is 1. The van der Waals surface area contributed by atoms with Crippen molar-refractivity contribution in [3.8, 4) is 5.75 Å². The van der Waals surface area contributed by atoms with E-state index >= 15 is 0 Å². The van der Waals surface area contributed by atoms with Gasteiger partial charge in [0.2, 0.25) is 0 Å². The summed E-state index contributed by atoms with van der Waals surface area (Å²) in [6, 6.07) is 6.11. The number of nitrogens with zero attached hydrogens (tertiary/aromatic N) is 1. The molecule has 0 radical (unpaired) electrons. The normalized spacial score (nSPS) is 10.4. The lowest BCUT2D eigenvalue weighted by Crippen LogP contribution is -2.25. The average Bonchev–Trinajstić information content (AvgIpc) is 2.39. The lowest BCUT2D eigenvalue weighted by atomic mass is 10.1. The minimum absolute atomic E-state index is 0.571. The summed E-state index contributed by atoms with van der Waals surface area (Å²) >= 11 is 0. The van der Waals surface area contributed by atoms with Gasteiger partial charge in [-0.2, -0.15) is 0 Å². The van der Waals surface area contributed by atoms with Crippen molar-refractivity contribution in [3.63, 3.8) is 0 Å². The molecule has 0 bridgehead atoms. The van der Waals surface area contributed by atoms with Crippen LogP contribution in [0.4, 0.5) is 5.69 Å². The van der Waals surface area contributed by atoms with Crippen molar-refractivity contribution in [2.45, 2.75) is 33.2 Å². The molecule has 1 aromatic rings. The second-order valence-electron chi connectivity index (χ2n) is 4.13. The van der Waals surface area contributed by atoms with Crippen LogP contribution in [-0.4, -0.2) is 20.2 Å². The van der Waals surface area contributed by atoms with E-state index in [0.717, 1.165) is 18.8 Å². The molecule has 2 N–H and O–H groups in total. The van der Waals surface area contributed by atoms with Gasteiger partial charge in [-0.1, -0.05) is 19.4 Å². The van der Waals surface area contributed by atoms with Crippen LogP contribution in [-0.2, 0) is 6.54 Å². The maximum Gasteiger partial charge on any atom is 0.120 e. The zero-order valence-electron chi connectivity index (χ0n) is 11.2. The van der Waals surface area contributed by atoms with Gasteiger partial charge in [0.05, 0.1) is 7.11 Å². The van der Waals surface area contributed by atoms with E-state index in [1.807, 2.05) is 6.07 Å². The fourth-order valence-electron chi connectivity index (χ4n) is 1.94. The fourth-order valence-corrected chi connectivity index (χ4v) is 1.94. The molecule has 0 aliphatic rings. The third-order valence-corrected chi connectivity index (χ3v) is 3.02. The number of benzene rings is 1. The van der Waals surface area contributed by atoms with E-state index in [1.165, 1.54) is 24.1 Å². The van der Waals surface area contributed by atoms with E-state index in [1.54, 1.807) is 7.11 Å². The Balaban J connectivity index is 2.97. The predicted molar refractivity (Wildman–Crippen MR) is 73.7 cm³/mol. The summed E-state index contributed by atoms with van der Waals surface area (Å²) in [4.78, 5) is 2.37. The molecular formula is C14H24N2O. The quantitative estimate of drug-likeness (QED) is 0.791. The number of rotatable bonds is 7. The van der Waals surface area contributed by atoms with Crippen LogP contribution in [0.15, 0.2) is 18.2 Å². The summed E-state index contributed by atoms with van der Waals surface area (Å²) in [5, 5.41) is 0. The maximum absolute atomic E-state index is 5.80. The van der Waals surface area contributed by atoms with E-state index in [0.29, 0.717) is 6.54 Å². The number of unbranched alkanes of at least 4 members (excludes halogenated alkanes) is 1. The first-order valence-corrected chi connectivity index (χ1v) is 6.38. The van der Waals surface area contributed by atoms with E-state index in [2.05, 4.69) is 30.9 Å². The molecule has 0 atom stereocenters. The molecule has 0 aliphatic carbocycles. The Kier molecular flexibility index (Phi) is 5.84. The largest absolute Gasteiger partial charge is 0.497 e. The molecule has 0 aliphatic heterocycles. The van der Waals surface area contributed by atoms with Crippen LogP contribution in [0.2, 0.25) is 0 Å². The van der Waals surface area contributed by atoms with Gasteiger partial charge in [-0.05, 0) is 25.0 Å². The van der Waals surface area contributed by atoms with Crippen molar-refractivity contribution in [2.24, 2.45) is 5.73 Å². The van der Waals surface area contributed by atoms with Crippen LogP contribution in [0.3, 0.4) is 0 Å². The monoisotopic (exact) mass is 236 g/mol.